The van der Waals surface area contributed by atoms with E-state index in [2.05, 4.69) is 53.1 Å². The molecule has 0 saturated heterocycles. The van der Waals surface area contributed by atoms with E-state index >= 15 is 0 Å². The number of halogens is 10. The van der Waals surface area contributed by atoms with Gasteiger partial charge < -0.3 is 24.5 Å². The van der Waals surface area contributed by atoms with Crippen LogP contribution in [0.2, 0.25) is 0 Å². The van der Waals surface area contributed by atoms with Crippen LogP contribution in [0, 0.1) is 23.7 Å². The summed E-state index contributed by atoms with van der Waals surface area (Å²) in [6.45, 7) is -0.390. The van der Waals surface area contributed by atoms with E-state index in [0.717, 1.165) is 38.9 Å². The van der Waals surface area contributed by atoms with Crippen molar-refractivity contribution in [2.75, 3.05) is 13.2 Å². The number of aliphatic hydroxyl groups is 1. The van der Waals surface area contributed by atoms with Crippen molar-refractivity contribution in [3.05, 3.63) is 167 Å². The van der Waals surface area contributed by atoms with Crippen LogP contribution in [0.15, 0.2) is 133 Å². The van der Waals surface area contributed by atoms with Gasteiger partial charge in [-0.1, -0.05) is 72.5 Å². The van der Waals surface area contributed by atoms with E-state index in [0.29, 0.717) is 39.4 Å². The summed E-state index contributed by atoms with van der Waals surface area (Å²) >= 11 is 0. The first-order valence-corrected chi connectivity index (χ1v) is 20.8. The fraction of sp³-hybridized carbons (Fsp3) is 0.173. The zero-order valence-electron chi connectivity index (χ0n) is 36.5. The maximum absolute atomic E-state index is 13.0. The number of rotatable bonds is 10. The monoisotopic (exact) mass is 970 g/mol. The number of aromatic amines is 2. The number of imidazole rings is 2. The predicted octanol–water partition coefficient (Wildman–Crippen LogP) is 12.7. The highest BCUT2D eigenvalue weighted by Crippen LogP contribution is 2.37. The van der Waals surface area contributed by atoms with Crippen LogP contribution in [0.25, 0.3) is 44.3 Å². The Morgan fingerprint density at radius 2 is 0.986 bits per heavy atom. The Labute approximate surface area is 392 Å². The minimum atomic E-state index is -5.68. The summed E-state index contributed by atoms with van der Waals surface area (Å²) in [5.74, 6) is 2.00. The van der Waals surface area contributed by atoms with Crippen molar-refractivity contribution >= 4 is 27.9 Å². The standard InChI is InChI=1S/C26H19F5N2O2.C26H17F5N2O2/c2*1-16(34)20-4-2-3-5-21(20)18-9-12-22-23(14-18)33-24(32-22)13-8-17-6-10-19(11-7-17)35-15-25(27,28)26(29,30)31/h2-7,9-12,14,16,34H,15H2,1H3,(H,32,33);2-7,9-12,14H,15H2,1H3,(H,32,33). The van der Waals surface area contributed by atoms with E-state index in [-0.39, 0.29) is 17.3 Å². The van der Waals surface area contributed by atoms with Gasteiger partial charge in [-0.05, 0) is 126 Å². The maximum Gasteiger partial charge on any atom is 0.456 e. The molecule has 6 aromatic carbocycles. The third-order valence-electron chi connectivity index (χ3n) is 10.3. The van der Waals surface area contributed by atoms with Crippen molar-refractivity contribution in [2.24, 2.45) is 0 Å². The Bertz CT molecular complexity index is 3280. The Balaban J connectivity index is 0.000000206. The fourth-order valence-corrected chi connectivity index (χ4v) is 6.68. The first kappa shape index (κ1) is 49.8. The Morgan fingerprint density at radius 3 is 1.41 bits per heavy atom. The number of H-pyrrole nitrogens is 2. The van der Waals surface area contributed by atoms with Gasteiger partial charge in [-0.15, -0.1) is 0 Å². The summed E-state index contributed by atoms with van der Waals surface area (Å²) in [5, 5.41) is 10.1. The van der Waals surface area contributed by atoms with Crippen molar-refractivity contribution in [2.45, 2.75) is 44.1 Å². The number of ether oxygens (including phenoxy) is 2. The van der Waals surface area contributed by atoms with Crippen LogP contribution in [0.3, 0.4) is 0 Å². The first-order valence-electron chi connectivity index (χ1n) is 20.8. The van der Waals surface area contributed by atoms with Gasteiger partial charge in [0, 0.05) is 16.7 Å². The number of nitrogens with one attached hydrogen (secondary N) is 2. The molecule has 0 aliphatic carbocycles. The maximum atomic E-state index is 13.0. The van der Waals surface area contributed by atoms with Gasteiger partial charge >= 0.3 is 24.2 Å². The summed E-state index contributed by atoms with van der Waals surface area (Å²) in [4.78, 5) is 27.0. The summed E-state index contributed by atoms with van der Waals surface area (Å²) < 4.78 is 134. The normalized spacial score (nSPS) is 12.2. The molecule has 70 heavy (non-hydrogen) atoms. The average molecular weight is 971 g/mol. The molecule has 18 heteroatoms. The molecule has 358 valence electrons. The highest BCUT2D eigenvalue weighted by Gasteiger charge is 2.59. The molecule has 0 amide bonds. The number of hydrogen-bond donors (Lipinski definition) is 3. The minimum absolute atomic E-state index is 0.0395. The molecule has 8 nitrogen and oxygen atoms in total. The van der Waals surface area contributed by atoms with E-state index in [1.165, 1.54) is 55.5 Å². The van der Waals surface area contributed by atoms with Gasteiger partial charge in [-0.25, -0.2) is 9.97 Å². The highest BCUT2D eigenvalue weighted by atomic mass is 19.4. The van der Waals surface area contributed by atoms with Gasteiger partial charge in [0.15, 0.2) is 30.6 Å². The highest BCUT2D eigenvalue weighted by molar-refractivity contribution is 6.01. The van der Waals surface area contributed by atoms with Crippen LogP contribution in [0.1, 0.15) is 58.6 Å². The summed E-state index contributed by atoms with van der Waals surface area (Å²) in [6.07, 6.45) is -12.0. The number of aliphatic hydroxyl groups excluding tert-OH is 1. The van der Waals surface area contributed by atoms with E-state index in [4.69, 9.17) is 0 Å². The lowest BCUT2D eigenvalue weighted by molar-refractivity contribution is -0.290. The summed E-state index contributed by atoms with van der Waals surface area (Å²) in [7, 11) is 0. The van der Waals surface area contributed by atoms with Crippen LogP contribution in [-0.2, 0) is 0 Å². The number of carbonyl (C=O) groups excluding carboxylic acids is 1. The number of Topliss-reactive ketones (excluding diaryl/α,β-unsaturated/α-hetero) is 1. The quantitative estimate of drug-likeness (QED) is 0.0715. The molecule has 0 fully saturated rings. The van der Waals surface area contributed by atoms with Crippen LogP contribution in [0.4, 0.5) is 43.9 Å². The SMILES string of the molecule is CC(=O)c1ccccc1-c1ccc2nc(C#Cc3ccc(OCC(F)(F)C(F)(F)F)cc3)[nH]c2c1.CC(O)c1ccccc1-c1ccc2nc(C#Cc3ccc(OCC(F)(F)C(F)(F)F)cc3)[nH]c2c1. The molecular formula is C52H36F10N4O4. The Kier molecular flexibility index (Phi) is 14.4. The second-order valence-corrected chi connectivity index (χ2v) is 15.5. The molecule has 2 heterocycles. The van der Waals surface area contributed by atoms with Crippen LogP contribution < -0.4 is 9.47 Å². The predicted molar refractivity (Wildman–Crippen MR) is 242 cm³/mol. The third-order valence-corrected chi connectivity index (χ3v) is 10.3. The van der Waals surface area contributed by atoms with Gasteiger partial charge in [0.2, 0.25) is 0 Å². The van der Waals surface area contributed by atoms with Gasteiger partial charge in [0.1, 0.15) is 11.5 Å². The lowest BCUT2D eigenvalue weighted by Gasteiger charge is -2.19. The van der Waals surface area contributed by atoms with E-state index in [9.17, 15) is 53.8 Å². The number of hydrogen-bond acceptors (Lipinski definition) is 6. The van der Waals surface area contributed by atoms with Crippen molar-refractivity contribution in [1.82, 2.24) is 19.9 Å². The molecule has 0 aliphatic rings. The number of ketones is 1. The number of alkyl halides is 10. The zero-order chi connectivity index (χ0) is 50.4. The molecule has 2 aromatic heterocycles. The van der Waals surface area contributed by atoms with Crippen LogP contribution in [0.5, 0.6) is 11.5 Å². The fourth-order valence-electron chi connectivity index (χ4n) is 6.68. The lowest BCUT2D eigenvalue weighted by Crippen LogP contribution is -2.41. The molecule has 8 rings (SSSR count). The molecule has 0 saturated carbocycles. The summed E-state index contributed by atoms with van der Waals surface area (Å²) in [6, 6.07) is 36.9. The molecule has 8 aromatic rings. The van der Waals surface area contributed by atoms with E-state index in [1.807, 2.05) is 72.8 Å². The molecule has 3 N–H and O–H groups in total. The lowest BCUT2D eigenvalue weighted by atomic mass is 9.96. The van der Waals surface area contributed by atoms with Crippen LogP contribution >= 0.6 is 0 Å². The molecule has 0 radical (unpaired) electrons. The molecule has 0 aliphatic heterocycles. The Morgan fingerprint density at radius 1 is 0.571 bits per heavy atom. The van der Waals surface area contributed by atoms with Crippen molar-refractivity contribution in [1.29, 1.82) is 0 Å². The van der Waals surface area contributed by atoms with E-state index in [1.54, 1.807) is 19.1 Å². The number of fused-ring (bicyclic) bond motifs is 2. The van der Waals surface area contributed by atoms with Gasteiger partial charge in [-0.2, -0.15) is 43.9 Å². The minimum Gasteiger partial charge on any atom is -0.487 e. The van der Waals surface area contributed by atoms with Crippen LogP contribution in [-0.4, -0.2) is 68.2 Å². The molecular weight excluding hydrogens is 935 g/mol. The largest absolute Gasteiger partial charge is 0.487 e. The molecule has 0 spiro atoms. The first-order chi connectivity index (χ1) is 33.1. The number of aromatic nitrogens is 4. The molecule has 0 bridgehead atoms. The van der Waals surface area contributed by atoms with Gasteiger partial charge in [0.05, 0.1) is 28.2 Å². The smallest absolute Gasteiger partial charge is 0.456 e. The second-order valence-electron chi connectivity index (χ2n) is 15.5. The number of carbonyl (C=O) groups is 1. The zero-order valence-corrected chi connectivity index (χ0v) is 36.5. The van der Waals surface area contributed by atoms with E-state index < -0.39 is 43.5 Å². The third kappa shape index (κ3) is 11.9. The van der Waals surface area contributed by atoms with Gasteiger partial charge in [-0.3, -0.25) is 4.79 Å². The Hall–Kier alpha value is -8.09. The average Bonchev–Trinajstić information content (AvgIpc) is 3.94. The van der Waals surface area contributed by atoms with Crippen molar-refractivity contribution < 1.29 is 63.3 Å². The topological polar surface area (TPSA) is 113 Å². The number of nitrogens with zero attached hydrogens (tertiary/aromatic N) is 2. The van der Waals surface area contributed by atoms with Crippen molar-refractivity contribution in [3.63, 3.8) is 0 Å². The van der Waals surface area contributed by atoms with Gasteiger partial charge in [0.25, 0.3) is 0 Å². The number of benzene rings is 6. The van der Waals surface area contributed by atoms with Crippen molar-refractivity contribution in [3.8, 4) is 57.4 Å². The molecule has 1 unspecified atom stereocenters. The second kappa shape index (κ2) is 20.2. The summed E-state index contributed by atoms with van der Waals surface area (Å²) in [5.41, 5.74) is 8.70. The molecule has 1 atom stereocenters.